The number of aliphatic carboxylic acids is 1. The van der Waals surface area contributed by atoms with Crippen molar-refractivity contribution in [3.05, 3.63) is 57.6 Å². The molecule has 3 rings (SSSR count). The number of aromatic nitrogens is 1. The van der Waals surface area contributed by atoms with Crippen molar-refractivity contribution < 1.29 is 19.1 Å². The molecule has 0 saturated carbocycles. The lowest BCUT2D eigenvalue weighted by molar-refractivity contribution is -0.138. The number of nitrogens with zero attached hydrogens (tertiary/aromatic N) is 1. The lowest BCUT2D eigenvalue weighted by Gasteiger charge is -2.06. The Bertz CT molecular complexity index is 753. The van der Waals surface area contributed by atoms with E-state index >= 15 is 0 Å². The zero-order chi connectivity index (χ0) is 15.1. The summed E-state index contributed by atoms with van der Waals surface area (Å²) in [5.74, 6) is -2.30. The maximum atomic E-state index is 13.3. The van der Waals surface area contributed by atoms with Gasteiger partial charge in [-0.2, -0.15) is 0 Å². The normalized spacial score (nSPS) is 16.8. The van der Waals surface area contributed by atoms with Gasteiger partial charge in [-0.25, -0.2) is 4.39 Å². The Kier molecular flexibility index (Phi) is 3.41. The van der Waals surface area contributed by atoms with Crippen LogP contribution in [-0.4, -0.2) is 21.4 Å². The van der Waals surface area contributed by atoms with E-state index in [-0.39, 0.29) is 11.3 Å². The predicted molar refractivity (Wildman–Crippen MR) is 77.0 cm³/mol. The third kappa shape index (κ3) is 2.29. The topological polar surface area (TPSA) is 59.3 Å². The van der Waals surface area contributed by atoms with Gasteiger partial charge in [0.25, 0.3) is 0 Å². The van der Waals surface area contributed by atoms with Gasteiger partial charge in [0.05, 0.1) is 5.92 Å². The van der Waals surface area contributed by atoms with Crippen LogP contribution in [0.25, 0.3) is 0 Å². The number of hydrogen-bond donors (Lipinski definition) is 1. The molecule has 2 heterocycles. The van der Waals surface area contributed by atoms with E-state index in [0.29, 0.717) is 28.8 Å². The molecule has 4 nitrogen and oxygen atoms in total. The SMILES string of the molecule is O=C(c1cccc(F)c1)c1c(Br)cc2n1CCC2C(=O)O. The van der Waals surface area contributed by atoms with Crippen LogP contribution in [-0.2, 0) is 11.3 Å². The highest BCUT2D eigenvalue weighted by atomic mass is 79.9. The summed E-state index contributed by atoms with van der Waals surface area (Å²) in [6.07, 6.45) is 0.460. The molecule has 0 bridgehead atoms. The van der Waals surface area contributed by atoms with E-state index in [1.165, 1.54) is 18.2 Å². The van der Waals surface area contributed by atoms with Gasteiger partial charge in [-0.15, -0.1) is 0 Å². The zero-order valence-corrected chi connectivity index (χ0v) is 12.4. The van der Waals surface area contributed by atoms with Crippen LogP contribution in [0.2, 0.25) is 0 Å². The second kappa shape index (κ2) is 5.11. The number of rotatable bonds is 3. The first-order chi connectivity index (χ1) is 9.99. The monoisotopic (exact) mass is 351 g/mol. The van der Waals surface area contributed by atoms with Crippen molar-refractivity contribution in [2.45, 2.75) is 18.9 Å². The number of halogens is 2. The molecule has 1 aromatic heterocycles. The lowest BCUT2D eigenvalue weighted by Crippen LogP contribution is -2.10. The summed E-state index contributed by atoms with van der Waals surface area (Å²) in [7, 11) is 0. The highest BCUT2D eigenvalue weighted by Crippen LogP contribution is 2.36. The highest BCUT2D eigenvalue weighted by Gasteiger charge is 2.33. The second-order valence-corrected chi connectivity index (χ2v) is 5.79. The molecule has 2 aromatic rings. The Balaban J connectivity index is 2.07. The molecule has 1 unspecified atom stereocenters. The highest BCUT2D eigenvalue weighted by molar-refractivity contribution is 9.10. The third-order valence-corrected chi connectivity index (χ3v) is 4.29. The van der Waals surface area contributed by atoms with Crippen LogP contribution >= 0.6 is 15.9 Å². The maximum absolute atomic E-state index is 13.3. The number of fused-ring (bicyclic) bond motifs is 1. The Morgan fingerprint density at radius 2 is 2.10 bits per heavy atom. The lowest BCUT2D eigenvalue weighted by atomic mass is 10.1. The first kappa shape index (κ1) is 14.0. The molecule has 0 amide bonds. The van der Waals surface area contributed by atoms with E-state index in [4.69, 9.17) is 0 Å². The van der Waals surface area contributed by atoms with Crippen LogP contribution in [0.5, 0.6) is 0 Å². The Labute approximate surface area is 128 Å². The van der Waals surface area contributed by atoms with Crippen LogP contribution in [0.1, 0.15) is 34.1 Å². The van der Waals surface area contributed by atoms with Gasteiger partial charge in [-0.05, 0) is 40.5 Å². The van der Waals surface area contributed by atoms with Crippen molar-refractivity contribution in [2.24, 2.45) is 0 Å². The van der Waals surface area contributed by atoms with E-state index in [1.807, 2.05) is 0 Å². The Hall–Kier alpha value is -1.95. The fraction of sp³-hybridized carbons (Fsp3) is 0.200. The number of benzene rings is 1. The minimum Gasteiger partial charge on any atom is -0.481 e. The van der Waals surface area contributed by atoms with Gasteiger partial charge in [0, 0.05) is 22.3 Å². The van der Waals surface area contributed by atoms with Crippen LogP contribution in [0.15, 0.2) is 34.8 Å². The first-order valence-electron chi connectivity index (χ1n) is 6.41. The average molecular weight is 352 g/mol. The van der Waals surface area contributed by atoms with Crippen molar-refractivity contribution >= 4 is 27.7 Å². The van der Waals surface area contributed by atoms with Gasteiger partial charge < -0.3 is 9.67 Å². The molecule has 0 radical (unpaired) electrons. The zero-order valence-electron chi connectivity index (χ0n) is 10.8. The summed E-state index contributed by atoms with van der Waals surface area (Å²) in [5, 5.41) is 9.19. The van der Waals surface area contributed by atoms with E-state index in [9.17, 15) is 19.1 Å². The second-order valence-electron chi connectivity index (χ2n) is 4.94. The molecule has 0 saturated heterocycles. The number of carboxylic acids is 1. The molecule has 6 heteroatoms. The number of ketones is 1. The summed E-state index contributed by atoms with van der Waals surface area (Å²) in [6.45, 7) is 0.467. The number of carbonyl (C=O) groups is 2. The molecule has 1 aliphatic heterocycles. The minimum absolute atomic E-state index is 0.246. The van der Waals surface area contributed by atoms with E-state index in [2.05, 4.69) is 15.9 Å². The van der Waals surface area contributed by atoms with Crippen molar-refractivity contribution in [1.82, 2.24) is 4.57 Å². The van der Waals surface area contributed by atoms with Crippen LogP contribution < -0.4 is 0 Å². The smallest absolute Gasteiger partial charge is 0.312 e. The minimum atomic E-state index is -0.900. The van der Waals surface area contributed by atoms with Gasteiger partial charge >= 0.3 is 5.97 Å². The molecular weight excluding hydrogens is 341 g/mol. The maximum Gasteiger partial charge on any atom is 0.312 e. The molecule has 1 atom stereocenters. The number of carboxylic acid groups (broad SMARTS) is 1. The predicted octanol–water partition coefficient (Wildman–Crippen LogP) is 3.19. The summed E-state index contributed by atoms with van der Waals surface area (Å²) in [4.78, 5) is 23.8. The van der Waals surface area contributed by atoms with Crippen molar-refractivity contribution in [3.63, 3.8) is 0 Å². The number of carbonyl (C=O) groups excluding carboxylic acids is 1. The molecule has 0 spiro atoms. The van der Waals surface area contributed by atoms with E-state index in [1.54, 1.807) is 16.7 Å². The van der Waals surface area contributed by atoms with Gasteiger partial charge in [-0.1, -0.05) is 12.1 Å². The average Bonchev–Trinajstić information content (AvgIpc) is 2.95. The quantitative estimate of drug-likeness (QED) is 0.864. The van der Waals surface area contributed by atoms with Gasteiger partial charge in [0.2, 0.25) is 5.78 Å². The molecule has 21 heavy (non-hydrogen) atoms. The van der Waals surface area contributed by atoms with Gasteiger partial charge in [0.1, 0.15) is 11.5 Å². The molecule has 108 valence electrons. The molecule has 1 N–H and O–H groups in total. The molecular formula is C15H11BrFNO3. The largest absolute Gasteiger partial charge is 0.481 e. The van der Waals surface area contributed by atoms with E-state index in [0.717, 1.165) is 0 Å². The van der Waals surface area contributed by atoms with Crippen molar-refractivity contribution in [1.29, 1.82) is 0 Å². The van der Waals surface area contributed by atoms with Crippen molar-refractivity contribution in [3.8, 4) is 0 Å². The fourth-order valence-electron chi connectivity index (χ4n) is 2.72. The summed E-state index contributed by atoms with van der Waals surface area (Å²) >= 11 is 3.31. The molecule has 1 aromatic carbocycles. The first-order valence-corrected chi connectivity index (χ1v) is 7.20. The molecule has 0 aliphatic carbocycles. The van der Waals surface area contributed by atoms with Crippen LogP contribution in [0.3, 0.4) is 0 Å². The Morgan fingerprint density at radius 3 is 2.76 bits per heavy atom. The molecule has 1 aliphatic rings. The summed E-state index contributed by atoms with van der Waals surface area (Å²) in [5.41, 5.74) is 1.23. The number of hydrogen-bond acceptors (Lipinski definition) is 2. The van der Waals surface area contributed by atoms with E-state index < -0.39 is 17.7 Å². The van der Waals surface area contributed by atoms with Crippen molar-refractivity contribution in [2.75, 3.05) is 0 Å². The summed E-state index contributed by atoms with van der Waals surface area (Å²) < 4.78 is 15.5. The van der Waals surface area contributed by atoms with Crippen LogP contribution in [0, 0.1) is 5.82 Å². The fourth-order valence-corrected chi connectivity index (χ4v) is 3.35. The Morgan fingerprint density at radius 1 is 1.33 bits per heavy atom. The third-order valence-electron chi connectivity index (χ3n) is 3.68. The van der Waals surface area contributed by atoms with Gasteiger partial charge in [0.15, 0.2) is 0 Å². The summed E-state index contributed by atoms with van der Waals surface area (Å²) in [6, 6.07) is 7.14. The van der Waals surface area contributed by atoms with Gasteiger partial charge in [-0.3, -0.25) is 9.59 Å². The standard InChI is InChI=1S/C15H11BrFNO3/c16-11-7-12-10(15(20)21)4-5-18(12)13(11)14(19)8-2-1-3-9(17)6-8/h1-3,6-7,10H,4-5H2,(H,20,21). The van der Waals surface area contributed by atoms with Crippen LogP contribution in [0.4, 0.5) is 4.39 Å². The molecule has 0 fully saturated rings.